The van der Waals surface area contributed by atoms with Gasteiger partial charge in [0.2, 0.25) is 0 Å². The van der Waals surface area contributed by atoms with Crippen LogP contribution in [-0.4, -0.2) is 11.6 Å². The van der Waals surface area contributed by atoms with Crippen LogP contribution >= 0.6 is 23.4 Å². The van der Waals surface area contributed by atoms with Crippen molar-refractivity contribution in [2.75, 3.05) is 11.6 Å². The van der Waals surface area contributed by atoms with Gasteiger partial charge in [-0.2, -0.15) is 0 Å². The smallest absolute Gasteiger partial charge is 0.0444 e. The van der Waals surface area contributed by atoms with Crippen LogP contribution in [-0.2, 0) is 0 Å². The number of rotatable bonds is 3. The molecular formula is C8H9ClS. The first-order valence-corrected chi connectivity index (χ1v) is 4.31. The highest BCUT2D eigenvalue weighted by Crippen LogP contribution is 2.16. The van der Waals surface area contributed by atoms with E-state index in [4.69, 9.17) is 14.3 Å². The van der Waals surface area contributed by atoms with Crippen molar-refractivity contribution in [2.24, 2.45) is 0 Å². The Labute approximate surface area is 73.4 Å². The lowest BCUT2D eigenvalue weighted by Crippen LogP contribution is -1.77. The fourth-order valence-electron chi connectivity index (χ4n) is 0.627. The minimum atomic E-state index is -1.61. The SMILES string of the molecule is [2H]C([2H])(Cl)CSc1ccccc1. The van der Waals surface area contributed by atoms with Crippen molar-refractivity contribution in [2.45, 2.75) is 4.90 Å². The second kappa shape index (κ2) is 4.64. The molecule has 0 N–H and O–H groups in total. The van der Waals surface area contributed by atoms with Crippen LogP contribution in [0.4, 0.5) is 0 Å². The maximum absolute atomic E-state index is 7.09. The summed E-state index contributed by atoms with van der Waals surface area (Å²) >= 11 is 6.82. The van der Waals surface area contributed by atoms with Crippen LogP contribution in [0.25, 0.3) is 0 Å². The fraction of sp³-hybridized carbons (Fsp3) is 0.250. The Morgan fingerprint density at radius 1 is 1.40 bits per heavy atom. The largest absolute Gasteiger partial charge is 0.126 e. The molecule has 0 aliphatic heterocycles. The molecule has 0 heterocycles. The van der Waals surface area contributed by atoms with E-state index in [1.807, 2.05) is 30.3 Å². The summed E-state index contributed by atoms with van der Waals surface area (Å²) in [4.78, 5) is 1.04. The van der Waals surface area contributed by atoms with E-state index >= 15 is 0 Å². The van der Waals surface area contributed by atoms with E-state index in [1.54, 1.807) is 0 Å². The monoisotopic (exact) mass is 174 g/mol. The van der Waals surface area contributed by atoms with Crippen molar-refractivity contribution in [3.8, 4) is 0 Å². The van der Waals surface area contributed by atoms with Crippen LogP contribution in [0.2, 0.25) is 0 Å². The van der Waals surface area contributed by atoms with Crippen LogP contribution in [0, 0.1) is 0 Å². The Morgan fingerprint density at radius 3 is 2.70 bits per heavy atom. The highest BCUT2D eigenvalue weighted by Gasteiger charge is 1.88. The Morgan fingerprint density at radius 2 is 2.10 bits per heavy atom. The summed E-state index contributed by atoms with van der Waals surface area (Å²) in [5.74, 6) is -1.33. The number of halogens is 1. The molecule has 0 nitrogen and oxygen atoms in total. The minimum absolute atomic E-state index is 0.276. The Kier molecular flexibility index (Phi) is 2.55. The Bertz CT molecular complexity index is 233. The Hall–Kier alpha value is -0.140. The predicted molar refractivity (Wildman–Crippen MR) is 47.9 cm³/mol. The summed E-state index contributed by atoms with van der Waals surface area (Å²) in [6, 6.07) is 9.65. The van der Waals surface area contributed by atoms with Gasteiger partial charge >= 0.3 is 0 Å². The van der Waals surface area contributed by atoms with Crippen molar-refractivity contribution in [3.63, 3.8) is 0 Å². The van der Waals surface area contributed by atoms with E-state index in [2.05, 4.69) is 0 Å². The maximum atomic E-state index is 7.09. The van der Waals surface area contributed by atoms with E-state index in [1.165, 1.54) is 11.8 Å². The molecule has 0 atom stereocenters. The van der Waals surface area contributed by atoms with Gasteiger partial charge in [0.05, 0.1) is 0 Å². The second-order valence-electron chi connectivity index (χ2n) is 1.74. The summed E-state index contributed by atoms with van der Waals surface area (Å²) in [6.07, 6.45) is 0. The van der Waals surface area contributed by atoms with Gasteiger partial charge in [-0.1, -0.05) is 18.2 Å². The molecule has 0 saturated heterocycles. The average molecular weight is 175 g/mol. The van der Waals surface area contributed by atoms with Crippen molar-refractivity contribution in [3.05, 3.63) is 30.3 Å². The topological polar surface area (TPSA) is 0 Å². The van der Waals surface area contributed by atoms with Gasteiger partial charge in [-0.3, -0.25) is 0 Å². The lowest BCUT2D eigenvalue weighted by atomic mass is 10.4. The van der Waals surface area contributed by atoms with Gasteiger partial charge in [-0.15, -0.1) is 23.4 Å². The standard InChI is InChI=1S/C8H9ClS/c9-6-7-10-8-4-2-1-3-5-8/h1-5H,6-7H2/i6D2. The van der Waals surface area contributed by atoms with Crippen LogP contribution in [0.3, 0.4) is 0 Å². The second-order valence-corrected chi connectivity index (χ2v) is 3.05. The van der Waals surface area contributed by atoms with Gasteiger partial charge < -0.3 is 0 Å². The number of hydrogen-bond donors (Lipinski definition) is 0. The molecular weight excluding hydrogens is 164 g/mol. The van der Waals surface area contributed by atoms with E-state index in [-0.39, 0.29) is 5.75 Å². The van der Waals surface area contributed by atoms with E-state index in [0.29, 0.717) is 0 Å². The molecule has 0 radical (unpaired) electrons. The molecule has 0 spiro atoms. The van der Waals surface area contributed by atoms with E-state index in [9.17, 15) is 0 Å². The highest BCUT2D eigenvalue weighted by molar-refractivity contribution is 7.99. The summed E-state index contributed by atoms with van der Waals surface area (Å²) in [5.41, 5.74) is 0. The molecule has 10 heavy (non-hydrogen) atoms. The van der Waals surface area contributed by atoms with Crippen LogP contribution < -0.4 is 0 Å². The number of thioether (sulfide) groups is 1. The molecule has 0 amide bonds. The fourth-order valence-corrected chi connectivity index (χ4v) is 1.36. The molecule has 0 aromatic heterocycles. The van der Waals surface area contributed by atoms with Crippen molar-refractivity contribution >= 4 is 23.4 Å². The van der Waals surface area contributed by atoms with Gasteiger partial charge in [0, 0.05) is 19.2 Å². The predicted octanol–water partition coefficient (Wildman–Crippen LogP) is 3.02. The average Bonchev–Trinajstić information content (AvgIpc) is 2.02. The molecule has 54 valence electrons. The number of hydrogen-bond acceptors (Lipinski definition) is 1. The molecule has 0 saturated carbocycles. The lowest BCUT2D eigenvalue weighted by molar-refractivity contribution is 1.43. The molecule has 1 rings (SSSR count). The zero-order valence-corrected chi connectivity index (χ0v) is 6.95. The minimum Gasteiger partial charge on any atom is -0.126 e. The molecule has 0 aliphatic carbocycles. The van der Waals surface area contributed by atoms with Crippen LogP contribution in [0.15, 0.2) is 35.2 Å². The molecule has 0 fully saturated rings. The molecule has 2 heteroatoms. The van der Waals surface area contributed by atoms with E-state index in [0.717, 1.165) is 4.90 Å². The third-order valence-electron chi connectivity index (χ3n) is 1.04. The van der Waals surface area contributed by atoms with Gasteiger partial charge in [0.25, 0.3) is 0 Å². The first-order valence-electron chi connectivity index (χ1n) is 3.95. The van der Waals surface area contributed by atoms with Crippen LogP contribution in [0.5, 0.6) is 0 Å². The first-order chi connectivity index (χ1) is 5.58. The van der Waals surface area contributed by atoms with Gasteiger partial charge in [0.1, 0.15) is 0 Å². The zero-order chi connectivity index (χ0) is 9.03. The molecule has 1 aromatic rings. The number of benzene rings is 1. The highest BCUT2D eigenvalue weighted by atomic mass is 35.5. The maximum Gasteiger partial charge on any atom is 0.0444 e. The molecule has 1 aromatic carbocycles. The van der Waals surface area contributed by atoms with E-state index < -0.39 is 5.83 Å². The zero-order valence-electron chi connectivity index (χ0n) is 7.38. The van der Waals surface area contributed by atoms with Crippen molar-refractivity contribution in [1.29, 1.82) is 0 Å². The van der Waals surface area contributed by atoms with Gasteiger partial charge in [0.15, 0.2) is 0 Å². The van der Waals surface area contributed by atoms with Crippen molar-refractivity contribution in [1.82, 2.24) is 0 Å². The summed E-state index contributed by atoms with van der Waals surface area (Å²) < 4.78 is 14.2. The Balaban J connectivity index is 2.44. The van der Waals surface area contributed by atoms with Crippen LogP contribution in [0.1, 0.15) is 2.74 Å². The summed E-state index contributed by atoms with van der Waals surface area (Å²) in [5, 5.41) is 0. The van der Waals surface area contributed by atoms with Gasteiger partial charge in [-0.25, -0.2) is 0 Å². The summed E-state index contributed by atoms with van der Waals surface area (Å²) in [6.45, 7) is 0. The molecule has 0 bridgehead atoms. The normalized spacial score (nSPS) is 14.1. The third kappa shape index (κ3) is 2.63. The molecule has 0 aliphatic rings. The number of alkyl halides is 1. The lowest BCUT2D eigenvalue weighted by Gasteiger charge is -1.95. The van der Waals surface area contributed by atoms with Crippen molar-refractivity contribution < 1.29 is 2.74 Å². The quantitative estimate of drug-likeness (QED) is 0.502. The first kappa shape index (κ1) is 5.50. The van der Waals surface area contributed by atoms with Gasteiger partial charge in [-0.05, 0) is 12.1 Å². The molecule has 0 unspecified atom stereocenters. The summed E-state index contributed by atoms with van der Waals surface area (Å²) in [7, 11) is 0. The third-order valence-corrected chi connectivity index (χ3v) is 2.22.